The molecule has 0 amide bonds. The molecule has 12 heteroatoms. The Hall–Kier alpha value is -4.06. The molecular formula is C36H26BF8NOS. The average molecular weight is 683 g/mol. The number of anilines is 3. The molecule has 0 fully saturated rings. The van der Waals surface area contributed by atoms with Gasteiger partial charge in [-0.3, -0.25) is 0 Å². The van der Waals surface area contributed by atoms with Crippen LogP contribution >= 0.6 is 11.3 Å². The topological polar surface area (TPSA) is 12.5 Å². The lowest BCUT2D eigenvalue weighted by molar-refractivity contribution is -0.386. The maximum absolute atomic E-state index is 15.4. The molecule has 0 bridgehead atoms. The maximum atomic E-state index is 15.4. The molecule has 4 aromatic carbocycles. The molecule has 0 saturated carbocycles. The van der Waals surface area contributed by atoms with Gasteiger partial charge in [0.2, 0.25) is 0 Å². The van der Waals surface area contributed by atoms with Gasteiger partial charge in [0.05, 0.1) is 5.69 Å². The average Bonchev–Trinajstić information content (AvgIpc) is 3.38. The van der Waals surface area contributed by atoms with E-state index >= 15 is 8.78 Å². The smallest absolute Gasteiger partial charge is 0.382 e. The highest BCUT2D eigenvalue weighted by molar-refractivity contribution is 7.33. The van der Waals surface area contributed by atoms with Gasteiger partial charge in [0.1, 0.15) is 11.5 Å². The van der Waals surface area contributed by atoms with E-state index in [-0.39, 0.29) is 17.8 Å². The molecule has 1 aromatic heterocycles. The first-order valence-corrected chi connectivity index (χ1v) is 16.1. The van der Waals surface area contributed by atoms with Crippen LogP contribution in [0.2, 0.25) is 0 Å². The zero-order valence-electron chi connectivity index (χ0n) is 26.2. The molecule has 0 N–H and O–H groups in total. The molecule has 0 atom stereocenters. The molecule has 0 radical (unpaired) electrons. The van der Waals surface area contributed by atoms with Crippen LogP contribution in [-0.2, 0) is 17.3 Å². The molecule has 246 valence electrons. The number of hydrogen-bond acceptors (Lipinski definition) is 3. The highest BCUT2D eigenvalue weighted by Gasteiger charge is 2.85. The van der Waals surface area contributed by atoms with E-state index in [1.807, 2.05) is 70.2 Å². The van der Waals surface area contributed by atoms with Crippen molar-refractivity contribution in [3.8, 4) is 11.5 Å². The lowest BCUT2D eigenvalue weighted by atomic mass is 9.37. The number of hydrogen-bond donors (Lipinski definition) is 0. The van der Waals surface area contributed by atoms with Crippen LogP contribution in [0.4, 0.5) is 52.2 Å². The second kappa shape index (κ2) is 9.34. The van der Waals surface area contributed by atoms with E-state index in [1.165, 1.54) is 11.3 Å². The quantitative estimate of drug-likeness (QED) is 0.126. The maximum Gasteiger partial charge on any atom is 0.382 e. The van der Waals surface area contributed by atoms with E-state index in [1.54, 1.807) is 17.9 Å². The summed E-state index contributed by atoms with van der Waals surface area (Å²) in [6.45, 7) is 9.50. The fraction of sp³-hybridized carbons (Fsp3) is 0.278. The molecule has 3 heterocycles. The van der Waals surface area contributed by atoms with Gasteiger partial charge in [0.25, 0.3) is 6.71 Å². The third-order valence-corrected chi connectivity index (χ3v) is 10.9. The summed E-state index contributed by atoms with van der Waals surface area (Å²) in [7, 11) is 0. The number of fused-ring (bicyclic) bond motifs is 7. The first-order chi connectivity index (χ1) is 22.3. The van der Waals surface area contributed by atoms with E-state index in [0.717, 1.165) is 43.1 Å². The van der Waals surface area contributed by atoms with Crippen LogP contribution in [0.3, 0.4) is 0 Å². The summed E-state index contributed by atoms with van der Waals surface area (Å²) in [6.07, 6.45) is 0. The summed E-state index contributed by atoms with van der Waals surface area (Å²) in [5, 5.41) is 0.739. The Morgan fingerprint density at radius 3 is 2.08 bits per heavy atom. The molecule has 0 saturated heterocycles. The number of ether oxygens (including phenoxy) is 1. The van der Waals surface area contributed by atoms with E-state index in [0.29, 0.717) is 40.5 Å². The minimum atomic E-state index is -6.36. The Bertz CT molecular complexity index is 2220. The Morgan fingerprint density at radius 1 is 0.708 bits per heavy atom. The standard InChI is InChI=1S/C36H26BF8NOS/c1-17-6-10-26-24(12-17)37-29-25(13-18(2)14-27(29)47-26)46(30-21-15-19(32(3,4)5)7-11-28(21)48-31(30)37)20-8-9-22-23(16-20)34(40,41)36(44,45)35(42,43)33(22,38)39/h6-16H,1-5H3. The third kappa shape index (κ3) is 3.80. The predicted octanol–water partition coefficient (Wildman–Crippen LogP) is 9.69. The highest BCUT2D eigenvalue weighted by Crippen LogP contribution is 2.65. The van der Waals surface area contributed by atoms with Gasteiger partial charge in [0, 0.05) is 37.4 Å². The Labute approximate surface area is 275 Å². The Morgan fingerprint density at radius 2 is 1.40 bits per heavy atom. The molecular weight excluding hydrogens is 657 g/mol. The normalized spacial score (nSPS) is 19.3. The molecule has 2 aliphatic heterocycles. The molecule has 0 unspecified atom stereocenters. The largest absolute Gasteiger partial charge is 0.458 e. The lowest BCUT2D eigenvalue weighted by Gasteiger charge is -2.43. The summed E-state index contributed by atoms with van der Waals surface area (Å²) < 4.78 is 127. The first-order valence-electron chi connectivity index (χ1n) is 15.2. The van der Waals surface area contributed by atoms with Gasteiger partial charge in [-0.1, -0.05) is 50.6 Å². The van der Waals surface area contributed by atoms with Gasteiger partial charge < -0.3 is 9.64 Å². The summed E-state index contributed by atoms with van der Waals surface area (Å²) in [5.41, 5.74) is 1.11. The fourth-order valence-electron chi connectivity index (χ4n) is 7.16. The second-order valence-electron chi connectivity index (χ2n) is 13.9. The van der Waals surface area contributed by atoms with Crippen LogP contribution in [-0.4, -0.2) is 18.6 Å². The molecule has 48 heavy (non-hydrogen) atoms. The van der Waals surface area contributed by atoms with Gasteiger partial charge in [0.15, 0.2) is 0 Å². The number of halogens is 8. The SMILES string of the molecule is Cc1ccc2c(c1)B1c3sc4ccc(C(C)(C)C)cc4c3N(c3ccc4c(c3)C(F)(F)C(F)(F)C(F)(F)C4(F)F)c3cc(C)cc(c31)O2. The molecule has 1 aliphatic carbocycles. The van der Waals surface area contributed by atoms with Crippen molar-refractivity contribution < 1.29 is 39.9 Å². The van der Waals surface area contributed by atoms with Crippen LogP contribution in [0.15, 0.2) is 66.7 Å². The van der Waals surface area contributed by atoms with Gasteiger partial charge >= 0.3 is 23.7 Å². The Balaban J connectivity index is 1.47. The molecule has 0 spiro atoms. The minimum Gasteiger partial charge on any atom is -0.458 e. The molecule has 2 nitrogen and oxygen atoms in total. The summed E-state index contributed by atoms with van der Waals surface area (Å²) >= 11 is 1.47. The van der Waals surface area contributed by atoms with Crippen LogP contribution in [0, 0.1) is 13.8 Å². The van der Waals surface area contributed by atoms with Crippen molar-refractivity contribution >= 4 is 60.9 Å². The third-order valence-electron chi connectivity index (χ3n) is 9.65. The number of nitrogens with zero attached hydrogens (tertiary/aromatic N) is 1. The summed E-state index contributed by atoms with van der Waals surface area (Å²) in [5.74, 6) is -22.7. The summed E-state index contributed by atoms with van der Waals surface area (Å²) in [4.78, 5) is 1.59. The van der Waals surface area contributed by atoms with Crippen molar-refractivity contribution in [2.24, 2.45) is 0 Å². The second-order valence-corrected chi connectivity index (χ2v) is 15.0. The van der Waals surface area contributed by atoms with Crippen molar-refractivity contribution in [3.05, 3.63) is 94.5 Å². The van der Waals surface area contributed by atoms with Crippen molar-refractivity contribution in [1.82, 2.24) is 0 Å². The van der Waals surface area contributed by atoms with Crippen molar-refractivity contribution in [2.75, 3.05) is 4.90 Å². The van der Waals surface area contributed by atoms with Crippen molar-refractivity contribution in [1.29, 1.82) is 0 Å². The number of rotatable bonds is 1. The van der Waals surface area contributed by atoms with E-state index < -0.39 is 34.8 Å². The highest BCUT2D eigenvalue weighted by atomic mass is 32.1. The van der Waals surface area contributed by atoms with Crippen LogP contribution < -0.4 is 25.3 Å². The zero-order valence-corrected chi connectivity index (χ0v) is 27.0. The molecule has 8 rings (SSSR count). The fourth-order valence-corrected chi connectivity index (χ4v) is 8.46. The van der Waals surface area contributed by atoms with Gasteiger partial charge in [-0.25, -0.2) is 0 Å². The van der Waals surface area contributed by atoms with Crippen LogP contribution in [0.1, 0.15) is 48.6 Å². The summed E-state index contributed by atoms with van der Waals surface area (Å²) in [6, 6.07) is 17.4. The van der Waals surface area contributed by atoms with Crippen molar-refractivity contribution in [2.45, 2.75) is 63.7 Å². The molecule has 3 aliphatic rings. The van der Waals surface area contributed by atoms with E-state index in [9.17, 15) is 26.3 Å². The molecule has 5 aromatic rings. The number of aryl methyl sites for hydroxylation is 2. The Kier molecular flexibility index (Phi) is 6.08. The monoisotopic (exact) mass is 683 g/mol. The number of alkyl halides is 8. The van der Waals surface area contributed by atoms with Crippen LogP contribution in [0.25, 0.3) is 10.1 Å². The van der Waals surface area contributed by atoms with Gasteiger partial charge in [-0.05, 0) is 83.8 Å². The van der Waals surface area contributed by atoms with Gasteiger partial charge in [-0.2, -0.15) is 35.1 Å². The van der Waals surface area contributed by atoms with E-state index in [4.69, 9.17) is 4.74 Å². The predicted molar refractivity (Wildman–Crippen MR) is 174 cm³/mol. The zero-order chi connectivity index (χ0) is 34.5. The van der Waals surface area contributed by atoms with Gasteiger partial charge in [-0.15, -0.1) is 11.3 Å². The first kappa shape index (κ1) is 31.2. The van der Waals surface area contributed by atoms with Crippen LogP contribution in [0.5, 0.6) is 11.5 Å². The van der Waals surface area contributed by atoms with Crippen molar-refractivity contribution in [3.63, 3.8) is 0 Å². The van der Waals surface area contributed by atoms with E-state index in [2.05, 4.69) is 0 Å². The minimum absolute atomic E-state index is 0.159. The number of benzene rings is 4. The lowest BCUT2D eigenvalue weighted by Crippen LogP contribution is -2.63. The number of thiophene rings is 1.